The highest BCUT2D eigenvalue weighted by Gasteiger charge is 2.10. The standard InChI is InChI=1S/C8H11N3O/c1-2-7-5-10-3-4-11(12)6-8(10)9-7/h3-5,12H,2,6H2,1H3. The highest BCUT2D eigenvalue weighted by molar-refractivity contribution is 5.28. The monoisotopic (exact) mass is 165 g/mol. The van der Waals surface area contributed by atoms with Crippen molar-refractivity contribution in [3.63, 3.8) is 0 Å². The van der Waals surface area contributed by atoms with Crippen LogP contribution < -0.4 is 0 Å². The van der Waals surface area contributed by atoms with Crippen molar-refractivity contribution in [2.75, 3.05) is 0 Å². The minimum Gasteiger partial charge on any atom is -0.307 e. The molecule has 1 aliphatic heterocycles. The minimum absolute atomic E-state index is 0.469. The molecule has 0 atom stereocenters. The van der Waals surface area contributed by atoms with Gasteiger partial charge in [-0.15, -0.1) is 0 Å². The first-order valence-corrected chi connectivity index (χ1v) is 4.00. The van der Waals surface area contributed by atoms with Crippen LogP contribution in [0.25, 0.3) is 6.20 Å². The van der Waals surface area contributed by atoms with Crippen LogP contribution in [-0.4, -0.2) is 19.8 Å². The van der Waals surface area contributed by atoms with E-state index in [1.807, 2.05) is 10.8 Å². The Morgan fingerprint density at radius 2 is 2.42 bits per heavy atom. The maximum absolute atomic E-state index is 9.13. The molecule has 0 saturated heterocycles. The molecule has 0 fully saturated rings. The van der Waals surface area contributed by atoms with Crippen LogP contribution in [0, 0.1) is 0 Å². The molecular weight excluding hydrogens is 154 g/mol. The number of rotatable bonds is 1. The molecule has 1 N–H and O–H groups in total. The molecule has 4 nitrogen and oxygen atoms in total. The van der Waals surface area contributed by atoms with E-state index in [9.17, 15) is 0 Å². The smallest absolute Gasteiger partial charge is 0.135 e. The lowest BCUT2D eigenvalue weighted by molar-refractivity contribution is -0.0530. The van der Waals surface area contributed by atoms with Crippen molar-refractivity contribution in [3.8, 4) is 0 Å². The van der Waals surface area contributed by atoms with Gasteiger partial charge in [-0.05, 0) is 6.42 Å². The Morgan fingerprint density at radius 1 is 1.58 bits per heavy atom. The zero-order chi connectivity index (χ0) is 8.55. The van der Waals surface area contributed by atoms with E-state index in [1.54, 1.807) is 12.4 Å². The molecule has 0 radical (unpaired) electrons. The molecular formula is C8H11N3O. The highest BCUT2D eigenvalue weighted by Crippen LogP contribution is 2.11. The Morgan fingerprint density at radius 3 is 3.17 bits per heavy atom. The number of aromatic nitrogens is 2. The summed E-state index contributed by atoms with van der Waals surface area (Å²) in [7, 11) is 0. The molecule has 0 amide bonds. The Bertz CT molecular complexity index is 316. The number of hydrogen-bond donors (Lipinski definition) is 1. The number of imidazole rings is 1. The van der Waals surface area contributed by atoms with Gasteiger partial charge in [0.2, 0.25) is 0 Å². The van der Waals surface area contributed by atoms with Gasteiger partial charge in [0, 0.05) is 18.6 Å². The van der Waals surface area contributed by atoms with Crippen molar-refractivity contribution in [2.24, 2.45) is 0 Å². The Labute approximate surface area is 70.7 Å². The van der Waals surface area contributed by atoms with Crippen molar-refractivity contribution < 1.29 is 5.21 Å². The Hall–Kier alpha value is -1.29. The van der Waals surface area contributed by atoms with Crippen LogP contribution in [0.2, 0.25) is 0 Å². The van der Waals surface area contributed by atoms with Crippen LogP contribution in [0.15, 0.2) is 12.4 Å². The van der Waals surface area contributed by atoms with E-state index in [2.05, 4.69) is 11.9 Å². The van der Waals surface area contributed by atoms with Crippen LogP contribution in [-0.2, 0) is 13.0 Å². The van der Waals surface area contributed by atoms with Crippen molar-refractivity contribution in [3.05, 3.63) is 23.9 Å². The normalized spacial score (nSPS) is 15.0. The fraction of sp³-hybridized carbons (Fsp3) is 0.375. The van der Waals surface area contributed by atoms with E-state index in [1.165, 1.54) is 0 Å². The van der Waals surface area contributed by atoms with Crippen LogP contribution in [0.3, 0.4) is 0 Å². The zero-order valence-electron chi connectivity index (χ0n) is 6.94. The van der Waals surface area contributed by atoms with Gasteiger partial charge >= 0.3 is 0 Å². The van der Waals surface area contributed by atoms with Crippen molar-refractivity contribution in [1.82, 2.24) is 14.6 Å². The lowest BCUT2D eigenvalue weighted by Crippen LogP contribution is -2.18. The SMILES string of the molecule is CCc1cn2c(n1)CN(O)C=C2. The molecule has 0 bridgehead atoms. The van der Waals surface area contributed by atoms with Gasteiger partial charge in [-0.1, -0.05) is 6.92 Å². The molecule has 0 saturated carbocycles. The summed E-state index contributed by atoms with van der Waals surface area (Å²) in [5.74, 6) is 0.886. The Balaban J connectivity index is 2.37. The van der Waals surface area contributed by atoms with Crippen molar-refractivity contribution in [2.45, 2.75) is 19.9 Å². The maximum Gasteiger partial charge on any atom is 0.135 e. The largest absolute Gasteiger partial charge is 0.307 e. The first-order chi connectivity index (χ1) is 5.79. The van der Waals surface area contributed by atoms with Gasteiger partial charge in [0.15, 0.2) is 0 Å². The van der Waals surface area contributed by atoms with Gasteiger partial charge in [-0.25, -0.2) is 4.98 Å². The summed E-state index contributed by atoms with van der Waals surface area (Å²) < 4.78 is 1.94. The molecule has 1 aromatic rings. The summed E-state index contributed by atoms with van der Waals surface area (Å²) in [4.78, 5) is 4.33. The lowest BCUT2D eigenvalue weighted by atomic mass is 10.4. The van der Waals surface area contributed by atoms with Crippen LogP contribution >= 0.6 is 0 Å². The second-order valence-corrected chi connectivity index (χ2v) is 2.81. The first-order valence-electron chi connectivity index (χ1n) is 4.00. The Kier molecular flexibility index (Phi) is 1.62. The summed E-state index contributed by atoms with van der Waals surface area (Å²) in [6, 6.07) is 0. The minimum atomic E-state index is 0.469. The van der Waals surface area contributed by atoms with Crippen molar-refractivity contribution in [1.29, 1.82) is 0 Å². The molecule has 1 aromatic heterocycles. The summed E-state index contributed by atoms with van der Waals surface area (Å²) in [6.07, 6.45) is 6.33. The van der Waals surface area contributed by atoms with Crippen LogP contribution in [0.1, 0.15) is 18.4 Å². The predicted octanol–water partition coefficient (Wildman–Crippen LogP) is 1.08. The molecule has 12 heavy (non-hydrogen) atoms. The first kappa shape index (κ1) is 7.36. The second kappa shape index (κ2) is 2.64. The average Bonchev–Trinajstić information content (AvgIpc) is 2.46. The third-order valence-electron chi connectivity index (χ3n) is 1.92. The fourth-order valence-corrected chi connectivity index (χ4v) is 1.25. The third kappa shape index (κ3) is 1.10. The van der Waals surface area contributed by atoms with E-state index < -0.39 is 0 Å². The molecule has 0 aromatic carbocycles. The number of hydrogen-bond acceptors (Lipinski definition) is 3. The average molecular weight is 165 g/mol. The fourth-order valence-electron chi connectivity index (χ4n) is 1.25. The van der Waals surface area contributed by atoms with Crippen LogP contribution in [0.4, 0.5) is 0 Å². The summed E-state index contributed by atoms with van der Waals surface area (Å²) >= 11 is 0. The predicted molar refractivity (Wildman–Crippen MR) is 44.3 cm³/mol. The molecule has 1 aliphatic rings. The number of nitrogens with zero attached hydrogens (tertiary/aromatic N) is 3. The van der Waals surface area contributed by atoms with Crippen LogP contribution in [0.5, 0.6) is 0 Å². The van der Waals surface area contributed by atoms with Gasteiger partial charge in [0.25, 0.3) is 0 Å². The quantitative estimate of drug-likeness (QED) is 0.677. The third-order valence-corrected chi connectivity index (χ3v) is 1.92. The summed E-state index contributed by atoms with van der Waals surface area (Å²) in [6.45, 7) is 2.53. The van der Waals surface area contributed by atoms with Gasteiger partial charge in [0.05, 0.1) is 5.69 Å². The summed E-state index contributed by atoms with van der Waals surface area (Å²) in [5.41, 5.74) is 1.06. The molecule has 2 rings (SSSR count). The van der Waals surface area contributed by atoms with E-state index in [0.717, 1.165) is 23.0 Å². The van der Waals surface area contributed by atoms with Gasteiger partial charge in [0.1, 0.15) is 12.4 Å². The highest BCUT2D eigenvalue weighted by atomic mass is 16.5. The second-order valence-electron chi connectivity index (χ2n) is 2.81. The number of aryl methyl sites for hydroxylation is 1. The molecule has 0 unspecified atom stereocenters. The molecule has 4 heteroatoms. The number of fused-ring (bicyclic) bond motifs is 1. The van der Waals surface area contributed by atoms with E-state index in [0.29, 0.717) is 6.54 Å². The molecule has 0 aliphatic carbocycles. The van der Waals surface area contributed by atoms with Crippen molar-refractivity contribution >= 4 is 6.20 Å². The van der Waals surface area contributed by atoms with Gasteiger partial charge in [-0.2, -0.15) is 0 Å². The topological polar surface area (TPSA) is 41.3 Å². The number of hydroxylamine groups is 2. The van der Waals surface area contributed by atoms with E-state index in [-0.39, 0.29) is 0 Å². The van der Waals surface area contributed by atoms with E-state index in [4.69, 9.17) is 5.21 Å². The zero-order valence-corrected chi connectivity index (χ0v) is 6.94. The van der Waals surface area contributed by atoms with Gasteiger partial charge in [-0.3, -0.25) is 10.3 Å². The lowest BCUT2D eigenvalue weighted by Gasteiger charge is -2.15. The van der Waals surface area contributed by atoms with Gasteiger partial charge < -0.3 is 4.57 Å². The maximum atomic E-state index is 9.13. The summed E-state index contributed by atoms with van der Waals surface area (Å²) in [5, 5.41) is 10.3. The molecule has 0 spiro atoms. The van der Waals surface area contributed by atoms with E-state index >= 15 is 0 Å². The molecule has 2 heterocycles. The molecule has 64 valence electrons.